The summed E-state index contributed by atoms with van der Waals surface area (Å²) in [6, 6.07) is 6.07. The summed E-state index contributed by atoms with van der Waals surface area (Å²) in [5, 5.41) is 3.75. The van der Waals surface area contributed by atoms with E-state index in [-0.39, 0.29) is 5.82 Å². The minimum atomic E-state index is -0.379. The molecule has 0 saturated carbocycles. The number of benzene rings is 1. The molecule has 0 atom stereocenters. The number of pyridine rings is 1. The topological polar surface area (TPSA) is 34.1 Å². The lowest BCUT2D eigenvalue weighted by Gasteiger charge is -2.09. The van der Waals surface area contributed by atoms with Crippen LogP contribution in [0, 0.1) is 5.82 Å². The molecule has 106 valence electrons. The van der Waals surface area contributed by atoms with E-state index in [1.807, 2.05) is 6.92 Å². The van der Waals surface area contributed by atoms with Crippen LogP contribution < -0.4 is 10.1 Å². The summed E-state index contributed by atoms with van der Waals surface area (Å²) in [6.45, 7) is 3.48. The van der Waals surface area contributed by atoms with Gasteiger partial charge in [-0.1, -0.05) is 34.5 Å². The first-order chi connectivity index (χ1) is 9.58. The molecule has 1 N–H and O–H groups in total. The average molecular weight is 360 g/mol. The molecular formula is C14H13BrClFN2O. The van der Waals surface area contributed by atoms with Gasteiger partial charge in [-0.15, -0.1) is 0 Å². The Morgan fingerprint density at radius 1 is 1.35 bits per heavy atom. The summed E-state index contributed by atoms with van der Waals surface area (Å²) < 4.78 is 19.4. The van der Waals surface area contributed by atoms with Crippen molar-refractivity contribution in [1.29, 1.82) is 0 Å². The van der Waals surface area contributed by atoms with E-state index >= 15 is 0 Å². The van der Waals surface area contributed by atoms with Crippen LogP contribution in [0.1, 0.15) is 12.5 Å². The van der Waals surface area contributed by atoms with Gasteiger partial charge in [-0.05, 0) is 24.2 Å². The van der Waals surface area contributed by atoms with Crippen LogP contribution in [-0.4, -0.2) is 11.5 Å². The molecule has 1 heterocycles. The molecule has 1 aromatic carbocycles. The average Bonchev–Trinajstić information content (AvgIpc) is 2.38. The summed E-state index contributed by atoms with van der Waals surface area (Å²) in [7, 11) is 0. The maximum Gasteiger partial charge on any atom is 0.219 e. The molecule has 1 aromatic heterocycles. The van der Waals surface area contributed by atoms with Gasteiger partial charge in [0.05, 0.1) is 5.02 Å². The normalized spacial score (nSPS) is 10.6. The minimum Gasteiger partial charge on any atom is -0.439 e. The van der Waals surface area contributed by atoms with Crippen LogP contribution in [0.2, 0.25) is 5.02 Å². The predicted molar refractivity (Wildman–Crippen MR) is 80.8 cm³/mol. The smallest absolute Gasteiger partial charge is 0.219 e. The molecule has 3 nitrogen and oxygen atoms in total. The number of halogens is 3. The SMILES string of the molecule is CCNCc1cc(Oc2cc(F)cc(Br)c2)ncc1Cl. The van der Waals surface area contributed by atoms with Crippen molar-refractivity contribution in [2.24, 2.45) is 0 Å². The summed E-state index contributed by atoms with van der Waals surface area (Å²) in [4.78, 5) is 4.08. The van der Waals surface area contributed by atoms with Gasteiger partial charge < -0.3 is 10.1 Å². The molecule has 20 heavy (non-hydrogen) atoms. The van der Waals surface area contributed by atoms with E-state index in [1.54, 1.807) is 12.1 Å². The van der Waals surface area contributed by atoms with Crippen LogP contribution in [0.3, 0.4) is 0 Å². The van der Waals surface area contributed by atoms with Gasteiger partial charge in [0.2, 0.25) is 5.88 Å². The largest absolute Gasteiger partial charge is 0.439 e. The van der Waals surface area contributed by atoms with Crippen molar-refractivity contribution in [3.63, 3.8) is 0 Å². The van der Waals surface area contributed by atoms with E-state index in [0.717, 1.165) is 12.1 Å². The predicted octanol–water partition coefficient (Wildman–Crippen LogP) is 4.54. The third-order valence-corrected chi connectivity index (χ3v) is 3.33. The maximum absolute atomic E-state index is 13.3. The van der Waals surface area contributed by atoms with Gasteiger partial charge in [-0.3, -0.25) is 0 Å². The van der Waals surface area contributed by atoms with E-state index < -0.39 is 0 Å². The number of aromatic nitrogens is 1. The maximum atomic E-state index is 13.3. The molecule has 6 heteroatoms. The molecule has 2 aromatic rings. The highest BCUT2D eigenvalue weighted by Crippen LogP contribution is 2.27. The highest BCUT2D eigenvalue weighted by Gasteiger charge is 2.06. The van der Waals surface area contributed by atoms with Crippen molar-refractivity contribution in [3.8, 4) is 11.6 Å². The highest BCUT2D eigenvalue weighted by molar-refractivity contribution is 9.10. The van der Waals surface area contributed by atoms with Crippen molar-refractivity contribution in [2.45, 2.75) is 13.5 Å². The molecule has 2 rings (SSSR count). The summed E-state index contributed by atoms with van der Waals surface area (Å²) >= 11 is 9.27. The Kier molecular flexibility index (Phi) is 5.34. The quantitative estimate of drug-likeness (QED) is 0.851. The van der Waals surface area contributed by atoms with Gasteiger partial charge in [0.15, 0.2) is 0 Å². The fraction of sp³-hybridized carbons (Fsp3) is 0.214. The molecule has 0 spiro atoms. The standard InChI is InChI=1S/C14H13BrClFN2O/c1-2-18-7-9-3-14(19-8-13(9)16)20-12-5-10(15)4-11(17)6-12/h3-6,8,18H,2,7H2,1H3. The molecule has 0 bridgehead atoms. The van der Waals surface area contributed by atoms with Gasteiger partial charge >= 0.3 is 0 Å². The lowest BCUT2D eigenvalue weighted by atomic mass is 10.2. The van der Waals surface area contributed by atoms with Crippen molar-refractivity contribution in [1.82, 2.24) is 10.3 Å². The second kappa shape index (κ2) is 7.02. The molecule has 0 fully saturated rings. The molecule has 0 aliphatic rings. The Labute approximate surface area is 130 Å². The molecule has 0 aliphatic carbocycles. The van der Waals surface area contributed by atoms with Gasteiger partial charge in [-0.2, -0.15) is 0 Å². The van der Waals surface area contributed by atoms with Crippen molar-refractivity contribution >= 4 is 27.5 Å². The highest BCUT2D eigenvalue weighted by atomic mass is 79.9. The summed E-state index contributed by atoms with van der Waals surface area (Å²) in [6.07, 6.45) is 1.53. The Morgan fingerprint density at radius 3 is 2.85 bits per heavy atom. The minimum absolute atomic E-state index is 0.375. The Hall–Kier alpha value is -1.17. The molecule has 0 aliphatic heterocycles. The third kappa shape index (κ3) is 4.16. The van der Waals surface area contributed by atoms with Crippen LogP contribution in [0.25, 0.3) is 0 Å². The van der Waals surface area contributed by atoms with Gasteiger partial charge in [0, 0.05) is 29.3 Å². The number of hydrogen-bond acceptors (Lipinski definition) is 3. The van der Waals surface area contributed by atoms with Crippen LogP contribution >= 0.6 is 27.5 Å². The molecular weight excluding hydrogens is 347 g/mol. The van der Waals surface area contributed by atoms with E-state index in [1.165, 1.54) is 18.3 Å². The van der Waals surface area contributed by atoms with E-state index in [4.69, 9.17) is 16.3 Å². The Bertz CT molecular complexity index is 589. The van der Waals surface area contributed by atoms with E-state index in [2.05, 4.69) is 26.2 Å². The number of nitrogens with one attached hydrogen (secondary N) is 1. The van der Waals surface area contributed by atoms with Crippen molar-refractivity contribution < 1.29 is 9.13 Å². The molecule has 0 amide bonds. The van der Waals surface area contributed by atoms with Gasteiger partial charge in [0.25, 0.3) is 0 Å². The number of ether oxygens (including phenoxy) is 1. The lowest BCUT2D eigenvalue weighted by Crippen LogP contribution is -2.12. The van der Waals surface area contributed by atoms with Crippen LogP contribution in [-0.2, 0) is 6.54 Å². The Morgan fingerprint density at radius 2 is 2.15 bits per heavy atom. The fourth-order valence-electron chi connectivity index (χ4n) is 1.62. The van der Waals surface area contributed by atoms with Crippen molar-refractivity contribution in [3.05, 3.63) is 51.3 Å². The second-order valence-electron chi connectivity index (χ2n) is 4.10. The van der Waals surface area contributed by atoms with Gasteiger partial charge in [-0.25, -0.2) is 9.37 Å². The summed E-state index contributed by atoms with van der Waals surface area (Å²) in [5.41, 5.74) is 0.883. The molecule has 0 saturated heterocycles. The number of nitrogens with zero attached hydrogens (tertiary/aromatic N) is 1. The number of hydrogen-bond donors (Lipinski definition) is 1. The monoisotopic (exact) mass is 358 g/mol. The van der Waals surface area contributed by atoms with Crippen LogP contribution in [0.15, 0.2) is 34.9 Å². The zero-order valence-corrected chi connectivity index (χ0v) is 13.1. The van der Waals surface area contributed by atoms with Gasteiger partial charge in [0.1, 0.15) is 11.6 Å². The fourth-order valence-corrected chi connectivity index (χ4v) is 2.23. The first kappa shape index (κ1) is 15.2. The third-order valence-electron chi connectivity index (χ3n) is 2.53. The van der Waals surface area contributed by atoms with E-state index in [9.17, 15) is 4.39 Å². The zero-order chi connectivity index (χ0) is 14.5. The first-order valence-corrected chi connectivity index (χ1v) is 7.24. The second-order valence-corrected chi connectivity index (χ2v) is 5.42. The Balaban J connectivity index is 2.20. The summed E-state index contributed by atoms with van der Waals surface area (Å²) in [5.74, 6) is 0.372. The van der Waals surface area contributed by atoms with Crippen LogP contribution in [0.4, 0.5) is 4.39 Å². The van der Waals surface area contributed by atoms with Crippen LogP contribution in [0.5, 0.6) is 11.6 Å². The van der Waals surface area contributed by atoms with E-state index in [0.29, 0.717) is 27.7 Å². The zero-order valence-electron chi connectivity index (χ0n) is 10.8. The first-order valence-electron chi connectivity index (χ1n) is 6.07. The molecule has 0 unspecified atom stereocenters. The van der Waals surface area contributed by atoms with Crippen molar-refractivity contribution in [2.75, 3.05) is 6.54 Å². The number of rotatable bonds is 5. The molecule has 0 radical (unpaired) electrons. The lowest BCUT2D eigenvalue weighted by molar-refractivity contribution is 0.456.